The van der Waals surface area contributed by atoms with Crippen LogP contribution in [0.25, 0.3) is 0 Å². The molecule has 0 amide bonds. The number of hydrogen-bond acceptors (Lipinski definition) is 7. The fourth-order valence-corrected chi connectivity index (χ4v) is 2.80. The summed E-state index contributed by atoms with van der Waals surface area (Å²) in [4.78, 5) is 11.1. The quantitative estimate of drug-likeness (QED) is 0.712. The Morgan fingerprint density at radius 1 is 1.31 bits per heavy atom. The molecule has 0 unspecified atom stereocenters. The van der Waals surface area contributed by atoms with Crippen LogP contribution in [0.4, 0.5) is 17.5 Å². The van der Waals surface area contributed by atoms with Gasteiger partial charge in [0.1, 0.15) is 17.5 Å². The maximum Gasteiger partial charge on any atom is 0.143 e. The van der Waals surface area contributed by atoms with E-state index in [1.54, 1.807) is 20.0 Å². The molecule has 1 fully saturated rings. The Morgan fingerprint density at radius 3 is 2.62 bits per heavy atom. The molecular weight excluding hydrogens is 330 g/mol. The Kier molecular flexibility index (Phi) is 6.28. The molecule has 0 aromatic carbocycles. The maximum absolute atomic E-state index is 10.6. The Balaban J connectivity index is 0.00000243. The lowest BCUT2D eigenvalue weighted by atomic mass is 9.94. The zero-order chi connectivity index (χ0) is 17.9. The van der Waals surface area contributed by atoms with Crippen LogP contribution in [0, 0.1) is 5.41 Å². The minimum absolute atomic E-state index is 0. The standard InChI is InChI=1S/C18H23N5O2.CH4/c1-18(2,24)14-11-16(23-7-9-25-10-8-23)22-17(13(14)12-19)21-15-5-3-4-6-20-15;/h3-6,11-12,19,24H,7-10H2,1-2H3,(H,20,21,22);1H4. The zero-order valence-electron chi connectivity index (χ0n) is 14.5. The molecule has 0 spiro atoms. The molecule has 1 saturated heterocycles. The molecule has 0 radical (unpaired) electrons. The van der Waals surface area contributed by atoms with Crippen LogP contribution in [-0.4, -0.2) is 47.6 Å². The third kappa shape index (κ3) is 4.36. The molecule has 7 heteroatoms. The molecule has 1 aliphatic heterocycles. The summed E-state index contributed by atoms with van der Waals surface area (Å²) in [5.41, 5.74) is 0.102. The highest BCUT2D eigenvalue weighted by Gasteiger charge is 2.25. The summed E-state index contributed by atoms with van der Waals surface area (Å²) in [7, 11) is 0. The predicted octanol–water partition coefficient (Wildman–Crippen LogP) is 2.92. The number of anilines is 3. The van der Waals surface area contributed by atoms with Crippen LogP contribution in [0.1, 0.15) is 32.4 Å². The molecule has 3 rings (SSSR count). The van der Waals surface area contributed by atoms with Gasteiger partial charge < -0.3 is 25.5 Å². The molecule has 2 aromatic rings. The van der Waals surface area contributed by atoms with Crippen LogP contribution in [0.2, 0.25) is 0 Å². The van der Waals surface area contributed by atoms with Crippen LogP contribution in [-0.2, 0) is 10.3 Å². The maximum atomic E-state index is 10.6. The van der Waals surface area contributed by atoms with Crippen LogP contribution < -0.4 is 10.2 Å². The Hall–Kier alpha value is -2.51. The monoisotopic (exact) mass is 357 g/mol. The molecular formula is C19H27N5O2. The molecule has 0 atom stereocenters. The normalized spacial score (nSPS) is 14.5. The van der Waals surface area contributed by atoms with Crippen molar-refractivity contribution in [2.75, 3.05) is 36.5 Å². The minimum Gasteiger partial charge on any atom is -0.386 e. The van der Waals surface area contributed by atoms with Gasteiger partial charge in [0.2, 0.25) is 0 Å². The molecule has 0 bridgehead atoms. The van der Waals surface area contributed by atoms with Crippen molar-refractivity contribution in [1.29, 1.82) is 5.41 Å². The Labute approximate surface area is 154 Å². The Bertz CT molecular complexity index is 738. The smallest absolute Gasteiger partial charge is 0.143 e. The summed E-state index contributed by atoms with van der Waals surface area (Å²) in [6, 6.07) is 7.40. The van der Waals surface area contributed by atoms with Gasteiger partial charge in [0.25, 0.3) is 0 Å². The van der Waals surface area contributed by atoms with Gasteiger partial charge in [0, 0.05) is 31.1 Å². The summed E-state index contributed by atoms with van der Waals surface area (Å²) in [5, 5.41) is 21.6. The van der Waals surface area contributed by atoms with Crippen LogP contribution >= 0.6 is 0 Å². The van der Waals surface area contributed by atoms with Gasteiger partial charge in [-0.05, 0) is 37.6 Å². The van der Waals surface area contributed by atoms with Gasteiger partial charge in [-0.2, -0.15) is 0 Å². The number of pyridine rings is 2. The molecule has 7 nitrogen and oxygen atoms in total. The molecule has 0 saturated carbocycles. The fourth-order valence-electron chi connectivity index (χ4n) is 2.80. The van der Waals surface area contributed by atoms with Crippen molar-refractivity contribution in [3.8, 4) is 0 Å². The number of hydrogen-bond donors (Lipinski definition) is 3. The van der Waals surface area contributed by atoms with Crippen LogP contribution in [0.3, 0.4) is 0 Å². The van der Waals surface area contributed by atoms with Gasteiger partial charge in [-0.15, -0.1) is 0 Å². The number of nitrogens with one attached hydrogen (secondary N) is 2. The van der Waals surface area contributed by atoms with Gasteiger partial charge in [-0.3, -0.25) is 0 Å². The summed E-state index contributed by atoms with van der Waals surface area (Å²) >= 11 is 0. The molecule has 2 aromatic heterocycles. The average molecular weight is 357 g/mol. The van der Waals surface area contributed by atoms with Crippen molar-refractivity contribution in [3.05, 3.63) is 41.6 Å². The first-order chi connectivity index (χ1) is 12.0. The van der Waals surface area contributed by atoms with Crippen molar-refractivity contribution >= 4 is 23.7 Å². The second-order valence-electron chi connectivity index (χ2n) is 6.43. The third-order valence-corrected chi connectivity index (χ3v) is 4.09. The first kappa shape index (κ1) is 19.8. The summed E-state index contributed by atoms with van der Waals surface area (Å²) < 4.78 is 5.41. The first-order valence-corrected chi connectivity index (χ1v) is 8.28. The summed E-state index contributed by atoms with van der Waals surface area (Å²) in [6.45, 7) is 6.20. The van der Waals surface area contributed by atoms with Gasteiger partial charge in [-0.1, -0.05) is 13.5 Å². The molecule has 26 heavy (non-hydrogen) atoms. The van der Waals surface area contributed by atoms with Crippen molar-refractivity contribution in [2.24, 2.45) is 0 Å². The fraction of sp³-hybridized carbons (Fsp3) is 0.421. The van der Waals surface area contributed by atoms with E-state index in [-0.39, 0.29) is 7.43 Å². The van der Waals surface area contributed by atoms with Gasteiger partial charge in [0.05, 0.1) is 18.8 Å². The van der Waals surface area contributed by atoms with E-state index in [4.69, 9.17) is 15.1 Å². The van der Waals surface area contributed by atoms with E-state index in [0.717, 1.165) is 18.9 Å². The number of aromatic nitrogens is 2. The third-order valence-electron chi connectivity index (χ3n) is 4.09. The molecule has 1 aliphatic rings. The predicted molar refractivity (Wildman–Crippen MR) is 105 cm³/mol. The van der Waals surface area contributed by atoms with E-state index in [1.807, 2.05) is 24.3 Å². The average Bonchev–Trinajstić information content (AvgIpc) is 2.62. The van der Waals surface area contributed by atoms with Crippen LogP contribution in [0.15, 0.2) is 30.5 Å². The molecule has 140 valence electrons. The van der Waals surface area contributed by atoms with Crippen molar-refractivity contribution in [3.63, 3.8) is 0 Å². The van der Waals surface area contributed by atoms with Crippen molar-refractivity contribution < 1.29 is 9.84 Å². The van der Waals surface area contributed by atoms with Crippen LogP contribution in [0.5, 0.6) is 0 Å². The highest BCUT2D eigenvalue weighted by Crippen LogP contribution is 2.32. The number of aliphatic hydroxyl groups is 1. The first-order valence-electron chi connectivity index (χ1n) is 8.28. The van der Waals surface area contributed by atoms with E-state index in [9.17, 15) is 5.11 Å². The SMILES string of the molecule is C.CC(C)(O)c1cc(N2CCOCC2)nc(Nc2ccccn2)c1C=N. The van der Waals surface area contributed by atoms with Gasteiger partial charge in [-0.25, -0.2) is 9.97 Å². The highest BCUT2D eigenvalue weighted by atomic mass is 16.5. The van der Waals surface area contributed by atoms with E-state index < -0.39 is 5.60 Å². The topological polar surface area (TPSA) is 94.4 Å². The van der Waals surface area contributed by atoms with Crippen molar-refractivity contribution in [1.82, 2.24) is 9.97 Å². The number of rotatable bonds is 5. The summed E-state index contributed by atoms with van der Waals surface area (Å²) in [5.74, 6) is 1.90. The second kappa shape index (κ2) is 8.25. The van der Waals surface area contributed by atoms with E-state index >= 15 is 0 Å². The Morgan fingerprint density at radius 2 is 2.04 bits per heavy atom. The molecule has 3 N–H and O–H groups in total. The zero-order valence-corrected chi connectivity index (χ0v) is 14.5. The number of morpholine rings is 1. The lowest BCUT2D eigenvalue weighted by Crippen LogP contribution is -2.37. The highest BCUT2D eigenvalue weighted by molar-refractivity contribution is 5.89. The minimum atomic E-state index is -1.10. The molecule has 0 aliphatic carbocycles. The van der Waals surface area contributed by atoms with E-state index in [2.05, 4.69) is 15.2 Å². The lowest BCUT2D eigenvalue weighted by molar-refractivity contribution is 0.0784. The largest absolute Gasteiger partial charge is 0.386 e. The van der Waals surface area contributed by atoms with E-state index in [1.165, 1.54) is 6.21 Å². The number of ether oxygens (including phenoxy) is 1. The van der Waals surface area contributed by atoms with Crippen molar-refractivity contribution in [2.45, 2.75) is 26.9 Å². The van der Waals surface area contributed by atoms with Gasteiger partial charge in [0.15, 0.2) is 0 Å². The second-order valence-corrected chi connectivity index (χ2v) is 6.43. The molecule has 3 heterocycles. The summed E-state index contributed by atoms with van der Waals surface area (Å²) in [6.07, 6.45) is 2.91. The van der Waals surface area contributed by atoms with Gasteiger partial charge >= 0.3 is 0 Å². The lowest BCUT2D eigenvalue weighted by Gasteiger charge is -2.30. The number of nitrogens with zero attached hydrogens (tertiary/aromatic N) is 3. The van der Waals surface area contributed by atoms with E-state index in [0.29, 0.717) is 36.0 Å².